The van der Waals surface area contributed by atoms with E-state index in [1.807, 2.05) is 0 Å². The molecule has 2 aromatic rings. The molecule has 0 radical (unpaired) electrons. The highest BCUT2D eigenvalue weighted by molar-refractivity contribution is 5.94. The van der Waals surface area contributed by atoms with Crippen LogP contribution in [0.1, 0.15) is 15.9 Å². The van der Waals surface area contributed by atoms with Crippen LogP contribution >= 0.6 is 0 Å². The fourth-order valence-electron chi connectivity index (χ4n) is 2.18. The standard InChI is InChI=1S/C18H18N2O6/c1-3-8-26-16-7-4-12(10-17(16)25-2)18(22)19-11-13-9-14(20(23)24)5-6-15(13)21/h3-7,9-10,21H,1,8,11H2,2H3,(H,19,22). The third-order valence-corrected chi connectivity index (χ3v) is 3.50. The second-order valence-corrected chi connectivity index (χ2v) is 5.22. The Kier molecular flexibility index (Phi) is 6.15. The SMILES string of the molecule is C=CCOc1ccc(C(=O)NCc2cc([N+](=O)[O-])ccc2O)cc1OC. The van der Waals surface area contributed by atoms with Gasteiger partial charge < -0.3 is 19.9 Å². The quantitative estimate of drug-likeness (QED) is 0.426. The van der Waals surface area contributed by atoms with Crippen LogP contribution in [0.25, 0.3) is 0 Å². The smallest absolute Gasteiger partial charge is 0.270 e. The summed E-state index contributed by atoms with van der Waals surface area (Å²) in [6.45, 7) is 3.80. The molecule has 2 N–H and O–H groups in total. The number of carbonyl (C=O) groups is 1. The number of non-ortho nitro benzene ring substituents is 1. The number of hydrogen-bond donors (Lipinski definition) is 2. The molecule has 0 aliphatic heterocycles. The lowest BCUT2D eigenvalue weighted by Crippen LogP contribution is -2.23. The first-order chi connectivity index (χ1) is 12.5. The molecule has 0 fully saturated rings. The molecule has 0 heterocycles. The summed E-state index contributed by atoms with van der Waals surface area (Å²) < 4.78 is 10.6. The molecule has 0 unspecified atom stereocenters. The first-order valence-electron chi connectivity index (χ1n) is 7.62. The van der Waals surface area contributed by atoms with Gasteiger partial charge in [-0.2, -0.15) is 0 Å². The normalized spacial score (nSPS) is 10.0. The topological polar surface area (TPSA) is 111 Å². The van der Waals surface area contributed by atoms with Crippen molar-refractivity contribution in [1.82, 2.24) is 5.32 Å². The molecule has 8 heteroatoms. The Morgan fingerprint density at radius 3 is 2.73 bits per heavy atom. The second kappa shape index (κ2) is 8.52. The fraction of sp³-hybridized carbons (Fsp3) is 0.167. The van der Waals surface area contributed by atoms with E-state index >= 15 is 0 Å². The van der Waals surface area contributed by atoms with E-state index in [2.05, 4.69) is 11.9 Å². The third-order valence-electron chi connectivity index (χ3n) is 3.50. The molecule has 2 aromatic carbocycles. The number of phenols is 1. The van der Waals surface area contributed by atoms with Crippen molar-refractivity contribution in [2.75, 3.05) is 13.7 Å². The van der Waals surface area contributed by atoms with Gasteiger partial charge in [-0.15, -0.1) is 0 Å². The number of nitro benzene ring substituents is 1. The van der Waals surface area contributed by atoms with Crippen molar-refractivity contribution < 1.29 is 24.3 Å². The zero-order chi connectivity index (χ0) is 19.1. The second-order valence-electron chi connectivity index (χ2n) is 5.22. The number of nitrogens with one attached hydrogen (secondary N) is 1. The average molecular weight is 358 g/mol. The highest BCUT2D eigenvalue weighted by Crippen LogP contribution is 2.28. The van der Waals surface area contributed by atoms with Crippen molar-refractivity contribution in [2.45, 2.75) is 6.54 Å². The van der Waals surface area contributed by atoms with Crippen molar-refractivity contribution in [3.05, 3.63) is 70.3 Å². The Morgan fingerprint density at radius 2 is 2.08 bits per heavy atom. The lowest BCUT2D eigenvalue weighted by Gasteiger charge is -2.11. The Hall–Kier alpha value is -3.55. The minimum atomic E-state index is -0.572. The van der Waals surface area contributed by atoms with Gasteiger partial charge in [0.15, 0.2) is 11.5 Å². The number of amides is 1. The van der Waals surface area contributed by atoms with Crippen LogP contribution in [0.2, 0.25) is 0 Å². The van der Waals surface area contributed by atoms with Crippen LogP contribution in [0.15, 0.2) is 49.1 Å². The third kappa shape index (κ3) is 4.50. The Bertz CT molecular complexity index is 834. The van der Waals surface area contributed by atoms with Crippen molar-refractivity contribution in [3.8, 4) is 17.2 Å². The molecule has 0 bridgehead atoms. The Balaban J connectivity index is 2.11. The molecule has 1 amide bonds. The highest BCUT2D eigenvalue weighted by Gasteiger charge is 2.14. The molecular formula is C18H18N2O6. The van der Waals surface area contributed by atoms with Crippen LogP contribution in [0.5, 0.6) is 17.2 Å². The van der Waals surface area contributed by atoms with E-state index in [0.29, 0.717) is 23.7 Å². The zero-order valence-corrected chi connectivity index (χ0v) is 14.1. The van der Waals surface area contributed by atoms with Gasteiger partial charge in [0.05, 0.1) is 12.0 Å². The molecule has 136 valence electrons. The maximum atomic E-state index is 12.3. The zero-order valence-electron chi connectivity index (χ0n) is 14.1. The summed E-state index contributed by atoms with van der Waals surface area (Å²) in [5.74, 6) is 0.295. The molecule has 0 aliphatic rings. The summed E-state index contributed by atoms with van der Waals surface area (Å²) in [7, 11) is 1.46. The molecule has 8 nitrogen and oxygen atoms in total. The van der Waals surface area contributed by atoms with Gasteiger partial charge in [0.25, 0.3) is 11.6 Å². The lowest BCUT2D eigenvalue weighted by molar-refractivity contribution is -0.384. The summed E-state index contributed by atoms with van der Waals surface area (Å²) >= 11 is 0. The van der Waals surface area contributed by atoms with Crippen LogP contribution in [0, 0.1) is 10.1 Å². The number of hydrogen-bond acceptors (Lipinski definition) is 6. The van der Waals surface area contributed by atoms with E-state index < -0.39 is 10.8 Å². The van der Waals surface area contributed by atoms with Gasteiger partial charge in [0.1, 0.15) is 12.4 Å². The first-order valence-corrected chi connectivity index (χ1v) is 7.62. The molecule has 0 aromatic heterocycles. The largest absolute Gasteiger partial charge is 0.508 e. The molecular weight excluding hydrogens is 340 g/mol. The minimum absolute atomic E-state index is 0.0661. The van der Waals surface area contributed by atoms with E-state index in [1.54, 1.807) is 18.2 Å². The molecule has 0 saturated heterocycles. The summed E-state index contributed by atoms with van der Waals surface area (Å²) in [4.78, 5) is 22.5. The van der Waals surface area contributed by atoms with Crippen LogP contribution in [-0.2, 0) is 6.54 Å². The number of methoxy groups -OCH3 is 1. The van der Waals surface area contributed by atoms with Crippen molar-refractivity contribution in [3.63, 3.8) is 0 Å². The number of benzene rings is 2. The highest BCUT2D eigenvalue weighted by atomic mass is 16.6. The molecule has 0 aliphatic carbocycles. The molecule has 26 heavy (non-hydrogen) atoms. The number of rotatable bonds is 8. The first kappa shape index (κ1) is 18.8. The number of nitrogens with zero attached hydrogens (tertiary/aromatic N) is 1. The number of aromatic hydroxyl groups is 1. The van der Waals surface area contributed by atoms with E-state index in [4.69, 9.17) is 9.47 Å². The van der Waals surface area contributed by atoms with Gasteiger partial charge in [-0.3, -0.25) is 14.9 Å². The maximum Gasteiger partial charge on any atom is 0.270 e. The predicted molar refractivity (Wildman–Crippen MR) is 94.6 cm³/mol. The molecule has 0 spiro atoms. The number of carbonyl (C=O) groups excluding carboxylic acids is 1. The Morgan fingerprint density at radius 1 is 1.31 bits per heavy atom. The van der Waals surface area contributed by atoms with E-state index in [1.165, 1.54) is 31.4 Å². The van der Waals surface area contributed by atoms with Gasteiger partial charge >= 0.3 is 0 Å². The van der Waals surface area contributed by atoms with Crippen LogP contribution in [-0.4, -0.2) is 29.7 Å². The van der Waals surface area contributed by atoms with Gasteiger partial charge in [0, 0.05) is 29.8 Å². The summed E-state index contributed by atoms with van der Waals surface area (Å²) in [5.41, 5.74) is 0.389. The summed E-state index contributed by atoms with van der Waals surface area (Å²) in [6.07, 6.45) is 1.59. The van der Waals surface area contributed by atoms with Gasteiger partial charge in [-0.25, -0.2) is 0 Å². The maximum absolute atomic E-state index is 12.3. The monoisotopic (exact) mass is 358 g/mol. The van der Waals surface area contributed by atoms with Gasteiger partial charge in [-0.05, 0) is 24.3 Å². The fourth-order valence-corrected chi connectivity index (χ4v) is 2.18. The number of phenolic OH excluding ortho intramolecular Hbond substituents is 1. The van der Waals surface area contributed by atoms with Crippen LogP contribution in [0.3, 0.4) is 0 Å². The Labute approximate surface area is 149 Å². The number of nitro groups is 1. The predicted octanol–water partition coefficient (Wildman–Crippen LogP) is 2.80. The van der Waals surface area contributed by atoms with Crippen molar-refractivity contribution in [2.24, 2.45) is 0 Å². The average Bonchev–Trinajstić information content (AvgIpc) is 2.65. The molecule has 2 rings (SSSR count). The summed E-state index contributed by atoms with van der Waals surface area (Å²) in [5, 5.41) is 23.2. The lowest BCUT2D eigenvalue weighted by atomic mass is 10.1. The molecule has 0 atom stereocenters. The van der Waals surface area contributed by atoms with Crippen molar-refractivity contribution >= 4 is 11.6 Å². The molecule has 0 saturated carbocycles. The minimum Gasteiger partial charge on any atom is -0.508 e. The van der Waals surface area contributed by atoms with Crippen molar-refractivity contribution in [1.29, 1.82) is 0 Å². The number of ether oxygens (including phenoxy) is 2. The van der Waals surface area contributed by atoms with Crippen LogP contribution in [0.4, 0.5) is 5.69 Å². The summed E-state index contributed by atoms with van der Waals surface area (Å²) in [6, 6.07) is 8.29. The van der Waals surface area contributed by atoms with E-state index in [-0.39, 0.29) is 23.5 Å². The van der Waals surface area contributed by atoms with E-state index in [9.17, 15) is 20.0 Å². The van der Waals surface area contributed by atoms with Gasteiger partial charge in [0.2, 0.25) is 0 Å². The van der Waals surface area contributed by atoms with E-state index in [0.717, 1.165) is 0 Å². The van der Waals surface area contributed by atoms with Crippen LogP contribution < -0.4 is 14.8 Å². The van der Waals surface area contributed by atoms with Gasteiger partial charge in [-0.1, -0.05) is 12.7 Å².